The Hall–Kier alpha value is -10.6. The molecule has 11 aliphatic rings. The summed E-state index contributed by atoms with van der Waals surface area (Å²) in [5.41, 5.74) is -1.95. The van der Waals surface area contributed by atoms with Gasteiger partial charge in [-0.25, -0.2) is 0 Å². The summed E-state index contributed by atoms with van der Waals surface area (Å²) in [6, 6.07) is 5.53. The molecule has 35 nitrogen and oxygen atoms in total. The first kappa shape index (κ1) is 87.7. The molecule has 0 aromatic heterocycles. The molecule has 6 aromatic carbocycles. The molecule has 15 bridgehead atoms. The Bertz CT molecular complexity index is 4970. The van der Waals surface area contributed by atoms with Gasteiger partial charge in [0.25, 0.3) is 5.91 Å². The first-order chi connectivity index (χ1) is 58.3. The maximum Gasteiger partial charge on any atom is 0.258 e. The number of halogens is 1. The molecular weight excluding hydrogens is 1610 g/mol. The van der Waals surface area contributed by atoms with Gasteiger partial charge in [0.15, 0.2) is 11.5 Å². The third-order valence-electron chi connectivity index (χ3n) is 24.0. The Morgan fingerprint density at radius 3 is 1.87 bits per heavy atom. The first-order valence-electron chi connectivity index (χ1n) is 41.0. The van der Waals surface area contributed by atoms with Crippen molar-refractivity contribution in [3.63, 3.8) is 0 Å². The lowest BCUT2D eigenvalue weighted by Gasteiger charge is -2.54. The molecule has 5 fully saturated rings. The molecule has 6 heterocycles. The lowest BCUT2D eigenvalue weighted by Crippen LogP contribution is -2.60. The molecule has 6 aromatic rings. The molecule has 36 heteroatoms. The predicted octanol–water partition coefficient (Wildman–Crippen LogP) is 1.92. The highest BCUT2D eigenvalue weighted by Gasteiger charge is 2.52. The summed E-state index contributed by atoms with van der Waals surface area (Å²) in [5.74, 6) is -15.2. The number of likely N-dealkylation sites (N-methyl/N-ethyl adjacent to an activating group) is 3. The van der Waals surface area contributed by atoms with Gasteiger partial charge in [-0.15, -0.1) is 0 Å². The quantitative estimate of drug-likeness (QED) is 0.0322. The number of carbonyl (C=O) groups excluding carboxylic acids is 9. The van der Waals surface area contributed by atoms with Crippen LogP contribution in [0.15, 0.2) is 97.1 Å². The number of imide groups is 1. The van der Waals surface area contributed by atoms with Crippen LogP contribution in [-0.2, 0) is 48.9 Å². The number of hydrogen-bond acceptors (Lipinski definition) is 27. The number of aliphatic hydroxyl groups excluding tert-OH is 6. The van der Waals surface area contributed by atoms with Crippen molar-refractivity contribution in [1.82, 2.24) is 58.5 Å². The second-order valence-electron chi connectivity index (χ2n) is 32.9. The standard InChI is InChI=1S/C86H102ClN11O24/c1-7-89-15-17-117-49-26-47(27-50(34-49)118-18-16-90-8-2)77(107)92-63(101)35-57-79(109)94-67-46-30-60(119-58-13-10-42(20-38(58)5)71(102)69(83(113)91-57)97-78(108)56(88-6)19-37(3)4)76(122-85-75(106)74(105)73(104)62(36-99)121-85)61(31-46)120-59-14-11-43(29-55(59)87)72(103)70-84(114)96-68(82(112)93-65-44-22-39-21-40(24-44)25-45(65)23-39)52-32-48(100)33-54-64(52)51-28-41(9-12-53(51)86(54,115)116)66(80(110)98-70)95-81(67)111/h9-14,20,26-34,37,39-40,44-45,56-57,62,65-75,85,88-90,99-100,102-106,115-116H,7-8,15-19,21-25,35-36H2,1-6H3,(H,91,113)(H,93,112)(H,94,109)(H,95,111)(H,96,114)(H,97,108)(H,98,110)(H,92,101,107)/t39?,40?,44?,45?,56-,57+,62-,65?,66-,67-,68+,69-,70+,71-,72-,73-,74+,75-,85+/m1/s1. The molecule has 0 unspecified atom stereocenters. The van der Waals surface area contributed by atoms with Gasteiger partial charge in [-0.05, 0) is 206 Å². The van der Waals surface area contributed by atoms with E-state index in [1.165, 1.54) is 80.7 Å². The molecule has 14 atom stereocenters. The van der Waals surface area contributed by atoms with Gasteiger partial charge in [-0.3, -0.25) is 48.5 Å². The summed E-state index contributed by atoms with van der Waals surface area (Å²) in [4.78, 5) is 140. The van der Waals surface area contributed by atoms with Crippen LogP contribution in [0.4, 0.5) is 0 Å². The summed E-state index contributed by atoms with van der Waals surface area (Å²) in [5, 5.41) is 136. The fraction of sp³-hybridized carbons (Fsp3) is 0.477. The highest BCUT2D eigenvalue weighted by molar-refractivity contribution is 6.32. The lowest BCUT2D eigenvalue weighted by atomic mass is 9.54. The molecule has 6 aliphatic heterocycles. The number of phenols is 1. The van der Waals surface area contributed by atoms with Gasteiger partial charge in [-0.2, -0.15) is 0 Å². The minimum Gasteiger partial charge on any atom is -0.508 e. The molecule has 5 aliphatic carbocycles. The highest BCUT2D eigenvalue weighted by atomic mass is 35.5. The minimum absolute atomic E-state index is 0.0562. The van der Waals surface area contributed by atoms with Crippen molar-refractivity contribution < 1.29 is 118 Å². The van der Waals surface area contributed by atoms with Crippen LogP contribution in [0.5, 0.6) is 46.0 Å². The Morgan fingerprint density at radius 1 is 0.631 bits per heavy atom. The van der Waals surface area contributed by atoms with Crippen LogP contribution in [0.25, 0.3) is 11.1 Å². The Morgan fingerprint density at radius 2 is 1.25 bits per heavy atom. The zero-order chi connectivity index (χ0) is 87.0. The van der Waals surface area contributed by atoms with Gasteiger partial charge in [0.2, 0.25) is 65.1 Å². The first-order valence-corrected chi connectivity index (χ1v) is 41.4. The molecular formula is C86H102ClN11O24. The number of carbonyl (C=O) groups is 9. The summed E-state index contributed by atoms with van der Waals surface area (Å²) >= 11 is 7.22. The van der Waals surface area contributed by atoms with Gasteiger partial charge in [-0.1, -0.05) is 63.6 Å². The molecule has 9 amide bonds. The zero-order valence-electron chi connectivity index (χ0n) is 67.7. The number of hydrogen-bond donors (Lipinski definition) is 20. The predicted molar refractivity (Wildman–Crippen MR) is 434 cm³/mol. The third-order valence-corrected chi connectivity index (χ3v) is 24.3. The van der Waals surface area contributed by atoms with E-state index in [4.69, 9.17) is 40.0 Å². The van der Waals surface area contributed by atoms with E-state index in [0.29, 0.717) is 38.0 Å². The van der Waals surface area contributed by atoms with Crippen molar-refractivity contribution in [1.29, 1.82) is 0 Å². The van der Waals surface area contributed by atoms with Gasteiger partial charge in [0, 0.05) is 41.9 Å². The Balaban J connectivity index is 0.944. The fourth-order valence-corrected chi connectivity index (χ4v) is 18.3. The smallest absolute Gasteiger partial charge is 0.258 e. The van der Waals surface area contributed by atoms with E-state index in [1.54, 1.807) is 0 Å². The maximum absolute atomic E-state index is 16.6. The van der Waals surface area contributed by atoms with Crippen molar-refractivity contribution in [3.8, 4) is 57.1 Å². The molecule has 20 N–H and O–H groups in total. The van der Waals surface area contributed by atoms with Crippen LogP contribution in [-0.4, -0.2) is 213 Å². The molecule has 1 saturated heterocycles. The number of amides is 9. The number of aryl methyl sites for hydroxylation is 1. The average molecular weight is 1710 g/mol. The van der Waals surface area contributed by atoms with E-state index in [1.807, 2.05) is 27.7 Å². The number of fused-ring (bicyclic) bond motifs is 12. The van der Waals surface area contributed by atoms with Crippen LogP contribution in [0.2, 0.25) is 5.02 Å². The van der Waals surface area contributed by atoms with Gasteiger partial charge >= 0.3 is 0 Å². The largest absolute Gasteiger partial charge is 0.508 e. The van der Waals surface area contributed by atoms with Crippen LogP contribution in [0, 0.1) is 36.5 Å². The second-order valence-corrected chi connectivity index (χ2v) is 33.3. The van der Waals surface area contributed by atoms with E-state index in [0.717, 1.165) is 62.4 Å². The topological polar surface area (TPSA) is 523 Å². The van der Waals surface area contributed by atoms with E-state index < -0.39 is 186 Å². The lowest BCUT2D eigenvalue weighted by molar-refractivity contribution is -0.277. The Kier molecular flexibility index (Phi) is 26.5. The van der Waals surface area contributed by atoms with Crippen molar-refractivity contribution >= 4 is 64.8 Å². The summed E-state index contributed by atoms with van der Waals surface area (Å²) < 4.78 is 37.8. The van der Waals surface area contributed by atoms with Crippen LogP contribution in [0.1, 0.15) is 158 Å². The third kappa shape index (κ3) is 18.4. The fourth-order valence-electron chi connectivity index (χ4n) is 18.0. The van der Waals surface area contributed by atoms with E-state index in [2.05, 4.69) is 58.5 Å². The van der Waals surface area contributed by atoms with Crippen molar-refractivity contribution in [2.45, 2.75) is 177 Å². The van der Waals surface area contributed by atoms with Crippen LogP contribution >= 0.6 is 11.6 Å². The number of ether oxygens (including phenoxy) is 6. The number of benzene rings is 6. The average Bonchev–Trinajstić information content (AvgIpc) is 1.56. The molecule has 122 heavy (non-hydrogen) atoms. The number of phenolic OH excluding ortho intramolecular Hbond substituents is 1. The summed E-state index contributed by atoms with van der Waals surface area (Å²) in [6.07, 6.45) is -10.6. The molecule has 17 rings (SSSR count). The van der Waals surface area contributed by atoms with Gasteiger partial charge < -0.3 is 128 Å². The maximum atomic E-state index is 16.6. The summed E-state index contributed by atoms with van der Waals surface area (Å²) in [6.45, 7) is 10.3. The number of aromatic hydroxyl groups is 1. The second kappa shape index (κ2) is 36.8. The Labute approximate surface area is 706 Å². The van der Waals surface area contributed by atoms with Gasteiger partial charge in [0.05, 0.1) is 24.1 Å². The minimum atomic E-state index is -2.98. The number of nitrogens with one attached hydrogen (secondary N) is 11. The SMILES string of the molecule is CCNCCOc1cc(OCCNCC)cc(C(=O)NC(=O)C[C@@H]2NC(=O)[C@H](NC(=O)[C@@H](CC(C)C)NC)[C@H](O)c3ccc(c(C)c3)Oc3cc4cc(c3O[C@@H]3O[C@H](CO)[C@@H](O)[C@H](O)[C@H]3O)Oc3ccc(cc3Cl)[C@@H](O)[C@@H]3NC(=O)[C@H](NC(=O)[C@@H]4NC2=O)c2ccc4c(c2)-c2c(cc(O)cc2C4(O)O)[C@@H](C(=O)NC2C4CC5CC(C4)CC2C5)NC3=O)c1. The van der Waals surface area contributed by atoms with Crippen LogP contribution < -0.4 is 82.2 Å². The molecule has 652 valence electrons. The van der Waals surface area contributed by atoms with Crippen molar-refractivity contribution in [2.24, 2.45) is 29.6 Å². The van der Waals surface area contributed by atoms with E-state index in [-0.39, 0.29) is 127 Å². The van der Waals surface area contributed by atoms with Crippen LogP contribution in [0.3, 0.4) is 0 Å². The number of aliphatic hydroxyl groups is 8. The molecule has 0 spiro atoms. The van der Waals surface area contributed by atoms with E-state index in [9.17, 15) is 60.3 Å². The molecule has 0 radical (unpaired) electrons. The van der Waals surface area contributed by atoms with Crippen molar-refractivity contribution in [3.05, 3.63) is 152 Å². The zero-order valence-corrected chi connectivity index (χ0v) is 68.5. The molecule has 4 saturated carbocycles. The van der Waals surface area contributed by atoms with Gasteiger partial charge in [0.1, 0.15) is 115 Å². The monoisotopic (exact) mass is 1710 g/mol. The number of rotatable bonds is 23. The highest BCUT2D eigenvalue weighted by Crippen LogP contribution is 2.56. The normalized spacial score (nSPS) is 27.7. The summed E-state index contributed by atoms with van der Waals surface area (Å²) in [7, 11) is 1.49. The van der Waals surface area contributed by atoms with Crippen molar-refractivity contribution in [2.75, 3.05) is 53.0 Å². The van der Waals surface area contributed by atoms with E-state index >= 15 is 28.8 Å².